The van der Waals surface area contributed by atoms with Gasteiger partial charge in [0.1, 0.15) is 17.4 Å². The molecule has 0 unspecified atom stereocenters. The Balaban J connectivity index is 1.15. The number of hydrogen-bond acceptors (Lipinski definition) is 9. The Morgan fingerprint density at radius 1 is 1.12 bits per heavy atom. The Morgan fingerprint density at radius 3 is 2.62 bits per heavy atom. The fourth-order valence-corrected chi connectivity index (χ4v) is 6.98. The Kier molecular flexibility index (Phi) is 6.47. The second-order valence-electron chi connectivity index (χ2n) is 7.88. The highest BCUT2D eigenvalue weighted by molar-refractivity contribution is 7.91. The standard InChI is InChI=1S/C21H21ClN4O6S2/c22-17-3-4-19(33-17)34(28,29)26-7-5-14(6-8-26)20(27)23-21-25-24-18(32-21)12-13-1-2-15-16(11-13)31-10-9-30-15/h1-4,11,14H,5-10,12H2,(H,23,25,27). The lowest BCUT2D eigenvalue weighted by atomic mass is 9.97. The Bertz CT molecular complexity index is 1300. The SMILES string of the molecule is O=C(Nc1nnc(Cc2ccc3c(c2)OCCO3)o1)C1CCN(S(=O)(=O)c2ccc(Cl)s2)CC1. The van der Waals surface area contributed by atoms with Crippen LogP contribution in [0.25, 0.3) is 0 Å². The molecule has 34 heavy (non-hydrogen) atoms. The van der Waals surface area contributed by atoms with Crippen LogP contribution < -0.4 is 14.8 Å². The first-order chi connectivity index (χ1) is 16.4. The fourth-order valence-electron chi connectivity index (χ4n) is 3.88. The van der Waals surface area contributed by atoms with Crippen LogP contribution in [0.15, 0.2) is 39.0 Å². The van der Waals surface area contributed by atoms with Crippen LogP contribution in [0.3, 0.4) is 0 Å². The Labute approximate surface area is 204 Å². The number of amides is 1. The van der Waals surface area contributed by atoms with E-state index in [1.807, 2.05) is 18.2 Å². The summed E-state index contributed by atoms with van der Waals surface area (Å²) in [5, 5.41) is 10.6. The molecule has 0 atom stereocenters. The van der Waals surface area contributed by atoms with Crippen LogP contribution in [-0.4, -0.2) is 55.1 Å². The first-order valence-electron chi connectivity index (χ1n) is 10.7. The number of ether oxygens (including phenoxy) is 2. The zero-order valence-electron chi connectivity index (χ0n) is 17.9. The van der Waals surface area contributed by atoms with Gasteiger partial charge in [0, 0.05) is 19.0 Å². The lowest BCUT2D eigenvalue weighted by Gasteiger charge is -2.29. The molecule has 1 aromatic carbocycles. The molecule has 3 aromatic rings. The predicted molar refractivity (Wildman–Crippen MR) is 124 cm³/mol. The fraction of sp³-hybridized carbons (Fsp3) is 0.381. The van der Waals surface area contributed by atoms with Gasteiger partial charge in [-0.05, 0) is 42.7 Å². The average Bonchev–Trinajstić information content (AvgIpc) is 3.48. The van der Waals surface area contributed by atoms with Crippen molar-refractivity contribution in [2.45, 2.75) is 23.5 Å². The summed E-state index contributed by atoms with van der Waals surface area (Å²) in [5.41, 5.74) is 0.909. The van der Waals surface area contributed by atoms with Gasteiger partial charge < -0.3 is 13.9 Å². The summed E-state index contributed by atoms with van der Waals surface area (Å²) < 4.78 is 44.2. The van der Waals surface area contributed by atoms with Crippen LogP contribution in [0.4, 0.5) is 6.01 Å². The number of sulfonamides is 1. The number of anilines is 1. The highest BCUT2D eigenvalue weighted by Crippen LogP contribution is 2.32. The maximum Gasteiger partial charge on any atom is 0.322 e. The lowest BCUT2D eigenvalue weighted by molar-refractivity contribution is -0.121. The zero-order chi connectivity index (χ0) is 23.7. The topological polar surface area (TPSA) is 124 Å². The molecule has 1 fully saturated rings. The molecule has 5 rings (SSSR count). The zero-order valence-corrected chi connectivity index (χ0v) is 20.3. The first-order valence-corrected chi connectivity index (χ1v) is 13.3. The molecule has 2 aliphatic heterocycles. The van der Waals surface area contributed by atoms with Crippen molar-refractivity contribution >= 4 is 44.9 Å². The van der Waals surface area contributed by atoms with E-state index in [1.54, 1.807) is 6.07 Å². The number of fused-ring (bicyclic) bond motifs is 1. The number of thiophene rings is 1. The smallest absolute Gasteiger partial charge is 0.322 e. The van der Waals surface area contributed by atoms with Gasteiger partial charge in [-0.2, -0.15) is 4.31 Å². The number of rotatable bonds is 6. The molecule has 0 bridgehead atoms. The molecule has 0 radical (unpaired) electrons. The minimum Gasteiger partial charge on any atom is -0.486 e. The highest BCUT2D eigenvalue weighted by Gasteiger charge is 2.33. The van der Waals surface area contributed by atoms with Crippen molar-refractivity contribution in [2.75, 3.05) is 31.6 Å². The molecule has 10 nitrogen and oxygen atoms in total. The predicted octanol–water partition coefficient (Wildman–Crippen LogP) is 3.19. The quantitative estimate of drug-likeness (QED) is 0.521. The van der Waals surface area contributed by atoms with Crippen molar-refractivity contribution < 1.29 is 27.1 Å². The Morgan fingerprint density at radius 2 is 1.88 bits per heavy atom. The van der Waals surface area contributed by atoms with Crippen LogP contribution in [0.5, 0.6) is 11.5 Å². The molecule has 2 aliphatic rings. The van der Waals surface area contributed by atoms with Gasteiger partial charge >= 0.3 is 6.01 Å². The van der Waals surface area contributed by atoms with Gasteiger partial charge in [0.25, 0.3) is 10.0 Å². The van der Waals surface area contributed by atoms with Gasteiger partial charge in [-0.15, -0.1) is 16.4 Å². The summed E-state index contributed by atoms with van der Waals surface area (Å²) in [6.45, 7) is 1.52. The van der Waals surface area contributed by atoms with Crippen LogP contribution >= 0.6 is 22.9 Å². The van der Waals surface area contributed by atoms with Gasteiger partial charge in [-0.1, -0.05) is 22.8 Å². The third kappa shape index (κ3) is 4.90. The normalized spacial score (nSPS) is 17.0. The van der Waals surface area contributed by atoms with E-state index in [9.17, 15) is 13.2 Å². The molecule has 0 saturated carbocycles. The molecule has 0 aliphatic carbocycles. The van der Waals surface area contributed by atoms with Crippen LogP contribution in [0, 0.1) is 5.92 Å². The minimum atomic E-state index is -3.60. The van der Waals surface area contributed by atoms with E-state index in [4.69, 9.17) is 25.5 Å². The average molecular weight is 525 g/mol. The van der Waals surface area contributed by atoms with Gasteiger partial charge in [0.05, 0.1) is 10.8 Å². The molecule has 0 spiro atoms. The Hall–Kier alpha value is -2.67. The number of carbonyl (C=O) groups is 1. The third-order valence-electron chi connectivity index (χ3n) is 5.63. The molecule has 1 amide bonds. The monoisotopic (exact) mass is 524 g/mol. The van der Waals surface area contributed by atoms with Crippen LogP contribution in [0.1, 0.15) is 24.3 Å². The molecule has 1 saturated heterocycles. The number of aromatic nitrogens is 2. The van der Waals surface area contributed by atoms with E-state index < -0.39 is 10.0 Å². The third-order valence-corrected chi connectivity index (χ3v) is 9.22. The maximum absolute atomic E-state index is 12.7. The number of nitrogens with zero attached hydrogens (tertiary/aromatic N) is 3. The molecule has 1 N–H and O–H groups in total. The summed E-state index contributed by atoms with van der Waals surface area (Å²) in [6.07, 6.45) is 1.16. The molecular weight excluding hydrogens is 504 g/mol. The van der Waals surface area contributed by atoms with Crippen molar-refractivity contribution in [1.82, 2.24) is 14.5 Å². The summed E-state index contributed by atoms with van der Waals surface area (Å²) in [4.78, 5) is 12.7. The summed E-state index contributed by atoms with van der Waals surface area (Å²) in [6, 6.07) is 8.67. The summed E-state index contributed by atoms with van der Waals surface area (Å²) in [7, 11) is -3.60. The molecule has 13 heteroatoms. The van der Waals surface area contributed by atoms with E-state index in [-0.39, 0.29) is 35.1 Å². The molecule has 180 valence electrons. The van der Waals surface area contributed by atoms with Crippen molar-refractivity contribution in [1.29, 1.82) is 0 Å². The van der Waals surface area contributed by atoms with Gasteiger partial charge in [-0.3, -0.25) is 10.1 Å². The number of carbonyl (C=O) groups excluding carboxylic acids is 1. The molecule has 2 aromatic heterocycles. The number of hydrogen-bond donors (Lipinski definition) is 1. The van der Waals surface area contributed by atoms with E-state index in [0.29, 0.717) is 54.2 Å². The largest absolute Gasteiger partial charge is 0.486 e. The number of piperidine rings is 1. The van der Waals surface area contributed by atoms with Gasteiger partial charge in [0.2, 0.25) is 11.8 Å². The second kappa shape index (κ2) is 9.53. The molecular formula is C21H21ClN4O6S2. The maximum atomic E-state index is 12.7. The van der Waals surface area contributed by atoms with Crippen molar-refractivity contribution in [2.24, 2.45) is 5.92 Å². The van der Waals surface area contributed by atoms with Crippen molar-refractivity contribution in [3.8, 4) is 11.5 Å². The lowest BCUT2D eigenvalue weighted by Crippen LogP contribution is -2.41. The van der Waals surface area contributed by atoms with E-state index >= 15 is 0 Å². The van der Waals surface area contributed by atoms with Gasteiger partial charge in [0.15, 0.2) is 11.5 Å². The number of halogens is 1. The minimum absolute atomic E-state index is 0.0146. The van der Waals surface area contributed by atoms with Crippen molar-refractivity contribution in [3.63, 3.8) is 0 Å². The highest BCUT2D eigenvalue weighted by atomic mass is 35.5. The summed E-state index contributed by atoms with van der Waals surface area (Å²) >= 11 is 6.90. The van der Waals surface area contributed by atoms with Crippen LogP contribution in [0.2, 0.25) is 4.34 Å². The van der Waals surface area contributed by atoms with E-state index in [2.05, 4.69) is 15.5 Å². The van der Waals surface area contributed by atoms with Crippen molar-refractivity contribution in [3.05, 3.63) is 46.1 Å². The van der Waals surface area contributed by atoms with E-state index in [1.165, 1.54) is 10.4 Å². The van der Waals surface area contributed by atoms with Gasteiger partial charge in [-0.25, -0.2) is 8.42 Å². The number of benzene rings is 1. The number of nitrogens with one attached hydrogen (secondary N) is 1. The van der Waals surface area contributed by atoms with Crippen LogP contribution in [-0.2, 0) is 21.2 Å². The van der Waals surface area contributed by atoms with E-state index in [0.717, 1.165) is 16.9 Å². The molecule has 4 heterocycles. The summed E-state index contributed by atoms with van der Waals surface area (Å²) in [5.74, 6) is 1.10. The second-order valence-corrected chi connectivity index (χ2v) is 11.8. The first kappa shape index (κ1) is 23.1.